The van der Waals surface area contributed by atoms with E-state index in [9.17, 15) is 5.11 Å². The molecule has 128 valence electrons. The van der Waals surface area contributed by atoms with Crippen LogP contribution < -0.4 is 5.32 Å². The molecule has 5 rings (SSSR count). The molecule has 0 spiro atoms. The third-order valence-corrected chi connectivity index (χ3v) is 6.44. The summed E-state index contributed by atoms with van der Waals surface area (Å²) in [5.74, 6) is -1.27. The summed E-state index contributed by atoms with van der Waals surface area (Å²) < 4.78 is 5.49. The molecule has 0 aromatic heterocycles. The van der Waals surface area contributed by atoms with Gasteiger partial charge in [0.15, 0.2) is 5.79 Å². The van der Waals surface area contributed by atoms with Crippen LogP contribution in [0.4, 0.5) is 0 Å². The SMILES string of the molecule is COC1(O)C2NC3=C(C)C(=N)C(C)(C)c4cc5ccccc5c(c43)C21. The Balaban J connectivity index is 1.96. The van der Waals surface area contributed by atoms with Crippen LogP contribution in [0.1, 0.15) is 43.4 Å². The van der Waals surface area contributed by atoms with Crippen molar-refractivity contribution in [2.75, 3.05) is 7.11 Å². The van der Waals surface area contributed by atoms with Crippen molar-refractivity contribution >= 4 is 22.2 Å². The molecular formula is C21H22N2O2. The van der Waals surface area contributed by atoms with Gasteiger partial charge in [0.25, 0.3) is 0 Å². The summed E-state index contributed by atoms with van der Waals surface area (Å²) in [7, 11) is 1.56. The van der Waals surface area contributed by atoms with Crippen LogP contribution in [-0.4, -0.2) is 29.8 Å². The summed E-state index contributed by atoms with van der Waals surface area (Å²) in [6.45, 7) is 6.23. The number of ether oxygens (including phenoxy) is 1. The van der Waals surface area contributed by atoms with Crippen molar-refractivity contribution in [1.29, 1.82) is 5.41 Å². The average molecular weight is 334 g/mol. The van der Waals surface area contributed by atoms with Gasteiger partial charge in [0.05, 0.1) is 12.0 Å². The molecule has 1 saturated carbocycles. The molecule has 2 aromatic carbocycles. The molecule has 1 fully saturated rings. The van der Waals surface area contributed by atoms with Gasteiger partial charge in [0, 0.05) is 29.5 Å². The summed E-state index contributed by atoms with van der Waals surface area (Å²) in [6.07, 6.45) is 0. The second-order valence-corrected chi connectivity index (χ2v) is 7.99. The molecule has 0 radical (unpaired) electrons. The second-order valence-electron chi connectivity index (χ2n) is 7.99. The standard InChI is InChI=1S/C21H22N2O2/c1-10-17-15-13(20(2,3)18(10)22)9-11-7-5-6-8-12(11)14(15)16-19(23-17)21(16,24)25-4/h5-9,16,19,22-24H,1-4H3. The monoisotopic (exact) mass is 334 g/mol. The lowest BCUT2D eigenvalue weighted by Crippen LogP contribution is -2.39. The first-order chi connectivity index (χ1) is 11.8. The van der Waals surface area contributed by atoms with Gasteiger partial charge in [0.1, 0.15) is 0 Å². The number of fused-ring (bicyclic) bond motifs is 4. The molecule has 2 aliphatic carbocycles. The van der Waals surface area contributed by atoms with Gasteiger partial charge < -0.3 is 20.6 Å². The van der Waals surface area contributed by atoms with E-state index in [4.69, 9.17) is 10.1 Å². The number of allylic oxidation sites excluding steroid dienone is 1. The molecule has 25 heavy (non-hydrogen) atoms. The highest BCUT2D eigenvalue weighted by molar-refractivity contribution is 6.15. The molecule has 3 unspecified atom stereocenters. The van der Waals surface area contributed by atoms with Gasteiger partial charge in [-0.05, 0) is 40.5 Å². The number of hydrogen-bond donors (Lipinski definition) is 3. The van der Waals surface area contributed by atoms with Crippen molar-refractivity contribution in [1.82, 2.24) is 5.32 Å². The molecule has 2 aromatic rings. The summed E-state index contributed by atoms with van der Waals surface area (Å²) in [5, 5.41) is 25.4. The Hall–Kier alpha value is -2.17. The van der Waals surface area contributed by atoms with Gasteiger partial charge in [-0.1, -0.05) is 38.1 Å². The zero-order valence-electron chi connectivity index (χ0n) is 14.9. The van der Waals surface area contributed by atoms with Crippen LogP contribution in [0.15, 0.2) is 35.9 Å². The Kier molecular flexibility index (Phi) is 2.61. The fraction of sp³-hybridized carbons (Fsp3) is 0.381. The lowest BCUT2D eigenvalue weighted by Gasteiger charge is -2.39. The minimum Gasteiger partial charge on any atom is -0.375 e. The molecule has 4 heteroatoms. The van der Waals surface area contributed by atoms with Crippen LogP contribution in [0.25, 0.3) is 16.5 Å². The topological polar surface area (TPSA) is 65.3 Å². The van der Waals surface area contributed by atoms with E-state index in [0.29, 0.717) is 5.71 Å². The highest BCUT2D eigenvalue weighted by Crippen LogP contribution is 2.61. The maximum absolute atomic E-state index is 10.9. The first-order valence-electron chi connectivity index (χ1n) is 8.73. The highest BCUT2D eigenvalue weighted by Gasteiger charge is 2.70. The number of aliphatic hydroxyl groups is 1. The van der Waals surface area contributed by atoms with Crippen molar-refractivity contribution in [3.8, 4) is 0 Å². The van der Waals surface area contributed by atoms with Crippen molar-refractivity contribution in [2.24, 2.45) is 0 Å². The Morgan fingerprint density at radius 3 is 2.68 bits per heavy atom. The van der Waals surface area contributed by atoms with Gasteiger partial charge >= 0.3 is 0 Å². The van der Waals surface area contributed by atoms with Gasteiger partial charge in [-0.2, -0.15) is 0 Å². The lowest BCUT2D eigenvalue weighted by atomic mass is 9.67. The summed E-state index contributed by atoms with van der Waals surface area (Å²) in [5.41, 5.74) is 5.68. The van der Waals surface area contributed by atoms with E-state index in [1.165, 1.54) is 5.39 Å². The van der Waals surface area contributed by atoms with Gasteiger partial charge in [0.2, 0.25) is 0 Å². The smallest absolute Gasteiger partial charge is 0.195 e. The van der Waals surface area contributed by atoms with Crippen molar-refractivity contribution < 1.29 is 9.84 Å². The third kappa shape index (κ3) is 1.57. The fourth-order valence-corrected chi connectivity index (χ4v) is 4.88. The zero-order valence-corrected chi connectivity index (χ0v) is 14.9. The molecular weight excluding hydrogens is 312 g/mol. The normalized spacial score (nSPS) is 31.5. The van der Waals surface area contributed by atoms with Gasteiger partial charge in [-0.25, -0.2) is 0 Å². The minimum atomic E-state index is -1.19. The molecule has 0 amide bonds. The summed E-state index contributed by atoms with van der Waals surface area (Å²) >= 11 is 0. The lowest BCUT2D eigenvalue weighted by molar-refractivity contribution is -0.110. The van der Waals surface area contributed by atoms with Crippen LogP contribution in [0.2, 0.25) is 0 Å². The maximum atomic E-state index is 10.9. The van der Waals surface area contributed by atoms with Crippen LogP contribution >= 0.6 is 0 Å². The zero-order chi connectivity index (χ0) is 17.7. The molecule has 1 heterocycles. The third-order valence-electron chi connectivity index (χ3n) is 6.44. The number of rotatable bonds is 1. The molecule has 0 saturated heterocycles. The van der Waals surface area contributed by atoms with Crippen molar-refractivity contribution in [2.45, 2.75) is 43.9 Å². The molecule has 3 aliphatic rings. The molecule has 4 nitrogen and oxygen atoms in total. The predicted octanol–water partition coefficient (Wildman–Crippen LogP) is 3.29. The van der Waals surface area contributed by atoms with Crippen LogP contribution in [-0.2, 0) is 10.2 Å². The summed E-state index contributed by atoms with van der Waals surface area (Å²) in [6, 6.07) is 10.4. The number of benzene rings is 2. The van der Waals surface area contributed by atoms with Crippen molar-refractivity contribution in [3.63, 3.8) is 0 Å². The first kappa shape index (κ1) is 15.1. The van der Waals surface area contributed by atoms with E-state index >= 15 is 0 Å². The maximum Gasteiger partial charge on any atom is 0.195 e. The second kappa shape index (κ2) is 4.32. The van der Waals surface area contributed by atoms with Gasteiger partial charge in [-0.3, -0.25) is 0 Å². The number of methoxy groups -OCH3 is 1. The first-order valence-corrected chi connectivity index (χ1v) is 8.73. The Morgan fingerprint density at radius 1 is 1.24 bits per heavy atom. The number of hydrogen-bond acceptors (Lipinski definition) is 4. The van der Waals surface area contributed by atoms with E-state index in [1.54, 1.807) is 7.11 Å². The van der Waals surface area contributed by atoms with E-state index in [-0.39, 0.29) is 17.4 Å². The number of nitrogens with one attached hydrogen (secondary N) is 2. The van der Waals surface area contributed by atoms with Crippen LogP contribution in [0, 0.1) is 5.41 Å². The minimum absolute atomic E-state index is 0.0861. The van der Waals surface area contributed by atoms with Gasteiger partial charge in [-0.15, -0.1) is 0 Å². The van der Waals surface area contributed by atoms with E-state index in [2.05, 4.69) is 37.4 Å². The molecule has 1 aliphatic heterocycles. The van der Waals surface area contributed by atoms with Crippen LogP contribution in [0.3, 0.4) is 0 Å². The molecule has 3 N–H and O–H groups in total. The van der Waals surface area contributed by atoms with E-state index in [1.807, 2.05) is 19.1 Å². The highest BCUT2D eigenvalue weighted by atomic mass is 16.6. The molecule has 3 atom stereocenters. The Labute approximate surface area is 147 Å². The Morgan fingerprint density at radius 2 is 1.96 bits per heavy atom. The quantitative estimate of drug-likeness (QED) is 0.701. The summed E-state index contributed by atoms with van der Waals surface area (Å²) in [4.78, 5) is 0. The average Bonchev–Trinajstić information content (AvgIpc) is 3.22. The van der Waals surface area contributed by atoms with Crippen LogP contribution in [0.5, 0.6) is 0 Å². The molecule has 0 bridgehead atoms. The predicted molar refractivity (Wildman–Crippen MR) is 98.9 cm³/mol. The van der Waals surface area contributed by atoms with E-state index < -0.39 is 5.79 Å². The fourth-order valence-electron chi connectivity index (χ4n) is 4.88. The van der Waals surface area contributed by atoms with E-state index in [0.717, 1.165) is 33.3 Å². The Bertz CT molecular complexity index is 1000. The van der Waals surface area contributed by atoms with Crippen molar-refractivity contribution in [3.05, 3.63) is 52.6 Å². The largest absolute Gasteiger partial charge is 0.375 e.